The standard InChI is InChI=1S/C19H14FIN2O5/c20-13-3-1-2-12(6-13)10-28-16-5-4-11(7-14(16)21)8-15-18(26)23(9-17(24)25)19(27)22-15/h1-8H,9-10H2,(H,22,27)(H,24,25)/b15-8+. The molecule has 0 aliphatic carbocycles. The van der Waals surface area contributed by atoms with E-state index in [1.165, 1.54) is 18.2 Å². The molecule has 2 aromatic carbocycles. The van der Waals surface area contributed by atoms with E-state index >= 15 is 0 Å². The van der Waals surface area contributed by atoms with Gasteiger partial charge in [-0.15, -0.1) is 0 Å². The summed E-state index contributed by atoms with van der Waals surface area (Å²) >= 11 is 2.06. The number of aliphatic carboxylic acids is 1. The molecule has 9 heteroatoms. The summed E-state index contributed by atoms with van der Waals surface area (Å²) in [6.45, 7) is -0.501. The first-order valence-corrected chi connectivity index (χ1v) is 9.14. The number of carboxylic acid groups (broad SMARTS) is 1. The van der Waals surface area contributed by atoms with Crippen LogP contribution in [0, 0.1) is 9.39 Å². The maximum atomic E-state index is 13.2. The molecule has 3 rings (SSSR count). The highest BCUT2D eigenvalue weighted by molar-refractivity contribution is 14.1. The third kappa shape index (κ3) is 4.66. The summed E-state index contributed by atoms with van der Waals surface area (Å²) in [5, 5.41) is 11.1. The fraction of sp³-hybridized carbons (Fsp3) is 0.105. The topological polar surface area (TPSA) is 95.9 Å². The van der Waals surface area contributed by atoms with Crippen molar-refractivity contribution in [3.05, 3.63) is 68.7 Å². The Morgan fingerprint density at radius 2 is 2.04 bits per heavy atom. The van der Waals surface area contributed by atoms with Crippen molar-refractivity contribution in [2.75, 3.05) is 6.54 Å². The first-order valence-electron chi connectivity index (χ1n) is 8.06. The van der Waals surface area contributed by atoms with Gasteiger partial charge in [-0.05, 0) is 64.1 Å². The fourth-order valence-corrected chi connectivity index (χ4v) is 3.22. The van der Waals surface area contributed by atoms with Crippen molar-refractivity contribution in [1.82, 2.24) is 10.2 Å². The van der Waals surface area contributed by atoms with E-state index in [-0.39, 0.29) is 18.1 Å². The maximum Gasteiger partial charge on any atom is 0.329 e. The number of carboxylic acids is 1. The highest BCUT2D eigenvalue weighted by atomic mass is 127. The average Bonchev–Trinajstić information content (AvgIpc) is 2.88. The third-order valence-corrected chi connectivity index (χ3v) is 4.65. The van der Waals surface area contributed by atoms with Gasteiger partial charge in [0, 0.05) is 0 Å². The van der Waals surface area contributed by atoms with Gasteiger partial charge >= 0.3 is 12.0 Å². The molecule has 2 N–H and O–H groups in total. The normalized spacial score (nSPS) is 15.1. The molecule has 1 aliphatic heterocycles. The van der Waals surface area contributed by atoms with Crippen LogP contribution in [0.1, 0.15) is 11.1 Å². The summed E-state index contributed by atoms with van der Waals surface area (Å²) < 4.78 is 19.7. The minimum atomic E-state index is -1.28. The second-order valence-electron chi connectivity index (χ2n) is 5.88. The monoisotopic (exact) mass is 496 g/mol. The van der Waals surface area contributed by atoms with E-state index in [0.29, 0.717) is 21.8 Å². The van der Waals surface area contributed by atoms with E-state index in [0.717, 1.165) is 3.57 Å². The molecule has 144 valence electrons. The molecule has 0 spiro atoms. The average molecular weight is 496 g/mol. The van der Waals surface area contributed by atoms with E-state index in [4.69, 9.17) is 9.84 Å². The van der Waals surface area contributed by atoms with Gasteiger partial charge in [0.15, 0.2) is 0 Å². The summed E-state index contributed by atoms with van der Waals surface area (Å²) in [5.41, 5.74) is 1.32. The Hall–Kier alpha value is -2.95. The number of hydrogen-bond donors (Lipinski definition) is 2. The molecule has 0 saturated carbocycles. The van der Waals surface area contributed by atoms with Crippen LogP contribution >= 0.6 is 22.6 Å². The Morgan fingerprint density at radius 3 is 2.71 bits per heavy atom. The zero-order valence-corrected chi connectivity index (χ0v) is 16.5. The van der Waals surface area contributed by atoms with Crippen LogP contribution in [0.15, 0.2) is 48.2 Å². The largest absolute Gasteiger partial charge is 0.488 e. The lowest BCUT2D eigenvalue weighted by Gasteiger charge is -2.09. The quantitative estimate of drug-likeness (QED) is 0.365. The minimum absolute atomic E-state index is 0.00419. The summed E-state index contributed by atoms with van der Waals surface area (Å²) in [5.74, 6) is -1.73. The number of ether oxygens (including phenoxy) is 1. The maximum absolute atomic E-state index is 13.2. The summed E-state index contributed by atoms with van der Waals surface area (Å²) in [4.78, 5) is 35.2. The van der Waals surface area contributed by atoms with Gasteiger partial charge in [-0.1, -0.05) is 18.2 Å². The van der Waals surface area contributed by atoms with Crippen molar-refractivity contribution in [2.24, 2.45) is 0 Å². The van der Waals surface area contributed by atoms with Crippen molar-refractivity contribution in [1.29, 1.82) is 0 Å². The Bertz CT molecular complexity index is 992. The molecule has 0 atom stereocenters. The molecular formula is C19H14FIN2O5. The predicted molar refractivity (Wildman–Crippen MR) is 106 cm³/mol. The van der Waals surface area contributed by atoms with Gasteiger partial charge in [-0.3, -0.25) is 9.59 Å². The summed E-state index contributed by atoms with van der Waals surface area (Å²) in [6, 6.07) is 10.5. The van der Waals surface area contributed by atoms with Crippen LogP contribution < -0.4 is 10.1 Å². The summed E-state index contributed by atoms with van der Waals surface area (Å²) in [6.07, 6.45) is 1.46. The van der Waals surface area contributed by atoms with Gasteiger partial charge in [0.1, 0.15) is 30.4 Å². The molecule has 0 bridgehead atoms. The molecule has 0 unspecified atom stereocenters. The molecule has 1 saturated heterocycles. The SMILES string of the molecule is O=C(O)CN1C(=O)N/C(=C/c2ccc(OCc3cccc(F)c3)c(I)c2)C1=O. The van der Waals surface area contributed by atoms with Crippen LogP contribution in [0.4, 0.5) is 9.18 Å². The highest BCUT2D eigenvalue weighted by Crippen LogP contribution is 2.25. The number of carbonyl (C=O) groups excluding carboxylic acids is 2. The lowest BCUT2D eigenvalue weighted by atomic mass is 10.2. The van der Waals surface area contributed by atoms with Crippen LogP contribution in [0.2, 0.25) is 0 Å². The summed E-state index contributed by atoms with van der Waals surface area (Å²) in [7, 11) is 0. The van der Waals surface area contributed by atoms with Crippen molar-refractivity contribution in [3.8, 4) is 5.75 Å². The molecule has 1 aliphatic rings. The van der Waals surface area contributed by atoms with Crippen molar-refractivity contribution >= 4 is 46.6 Å². The predicted octanol–water partition coefficient (Wildman–Crippen LogP) is 2.99. The van der Waals surface area contributed by atoms with Gasteiger partial charge in [0.05, 0.1) is 3.57 Å². The van der Waals surface area contributed by atoms with Gasteiger partial charge in [0.2, 0.25) is 0 Å². The minimum Gasteiger partial charge on any atom is -0.488 e. The van der Waals surface area contributed by atoms with Gasteiger partial charge in [-0.2, -0.15) is 0 Å². The number of rotatable bonds is 6. The molecule has 28 heavy (non-hydrogen) atoms. The number of hydrogen-bond acceptors (Lipinski definition) is 4. The molecule has 2 aromatic rings. The number of imide groups is 1. The Kier molecular flexibility index (Phi) is 5.93. The van der Waals surface area contributed by atoms with Crippen molar-refractivity contribution in [2.45, 2.75) is 6.61 Å². The first kappa shape index (κ1) is 19.8. The number of amides is 3. The number of urea groups is 1. The van der Waals surface area contributed by atoms with E-state index in [1.54, 1.807) is 30.3 Å². The lowest BCUT2D eigenvalue weighted by Crippen LogP contribution is -2.35. The van der Waals surface area contributed by atoms with Crippen LogP contribution in [-0.4, -0.2) is 34.5 Å². The number of benzene rings is 2. The Morgan fingerprint density at radius 1 is 1.25 bits per heavy atom. The van der Waals surface area contributed by atoms with Crippen LogP contribution in [-0.2, 0) is 16.2 Å². The number of halogens is 2. The molecule has 1 heterocycles. The molecule has 0 radical (unpaired) electrons. The fourth-order valence-electron chi connectivity index (χ4n) is 2.53. The molecule has 1 fully saturated rings. The number of carbonyl (C=O) groups is 3. The number of nitrogens with one attached hydrogen (secondary N) is 1. The van der Waals surface area contributed by atoms with Crippen LogP contribution in [0.5, 0.6) is 5.75 Å². The van der Waals surface area contributed by atoms with Crippen LogP contribution in [0.3, 0.4) is 0 Å². The van der Waals surface area contributed by atoms with E-state index < -0.39 is 24.5 Å². The van der Waals surface area contributed by atoms with Gasteiger partial charge < -0.3 is 15.2 Å². The van der Waals surface area contributed by atoms with Gasteiger partial charge in [-0.25, -0.2) is 14.1 Å². The Balaban J connectivity index is 1.72. The number of nitrogens with zero attached hydrogens (tertiary/aromatic N) is 1. The molecule has 0 aromatic heterocycles. The van der Waals surface area contributed by atoms with E-state index in [9.17, 15) is 18.8 Å². The van der Waals surface area contributed by atoms with E-state index in [2.05, 4.69) is 27.9 Å². The van der Waals surface area contributed by atoms with Crippen molar-refractivity contribution in [3.63, 3.8) is 0 Å². The first-order chi connectivity index (χ1) is 13.3. The molecular weight excluding hydrogens is 482 g/mol. The smallest absolute Gasteiger partial charge is 0.329 e. The highest BCUT2D eigenvalue weighted by Gasteiger charge is 2.34. The second-order valence-corrected chi connectivity index (χ2v) is 7.04. The van der Waals surface area contributed by atoms with Crippen molar-refractivity contribution < 1.29 is 28.6 Å². The lowest BCUT2D eigenvalue weighted by molar-refractivity contribution is -0.140. The Labute approximate surface area is 172 Å². The molecule has 7 nitrogen and oxygen atoms in total. The van der Waals surface area contributed by atoms with E-state index in [1.807, 2.05) is 0 Å². The zero-order valence-electron chi connectivity index (χ0n) is 14.3. The van der Waals surface area contributed by atoms with Crippen LogP contribution in [0.25, 0.3) is 6.08 Å². The second kappa shape index (κ2) is 8.38. The van der Waals surface area contributed by atoms with Gasteiger partial charge in [0.25, 0.3) is 5.91 Å². The zero-order chi connectivity index (χ0) is 20.3. The third-order valence-electron chi connectivity index (χ3n) is 3.81. The molecule has 3 amide bonds.